The Hall–Kier alpha value is -2.92. The van der Waals surface area contributed by atoms with E-state index < -0.39 is 0 Å². The van der Waals surface area contributed by atoms with E-state index in [9.17, 15) is 4.79 Å². The molecule has 1 aromatic carbocycles. The predicted octanol–water partition coefficient (Wildman–Crippen LogP) is 2.39. The zero-order valence-corrected chi connectivity index (χ0v) is 17.2. The van der Waals surface area contributed by atoms with Gasteiger partial charge < -0.3 is 14.0 Å². The van der Waals surface area contributed by atoms with E-state index in [4.69, 9.17) is 9.47 Å². The summed E-state index contributed by atoms with van der Waals surface area (Å²) in [7, 11) is 1.89. The predicted molar refractivity (Wildman–Crippen MR) is 108 cm³/mol. The second-order valence-corrected chi connectivity index (χ2v) is 8.56. The highest BCUT2D eigenvalue weighted by Crippen LogP contribution is 2.36. The lowest BCUT2D eigenvalue weighted by Crippen LogP contribution is -2.24. The van der Waals surface area contributed by atoms with Gasteiger partial charge >= 0.3 is 0 Å². The van der Waals surface area contributed by atoms with E-state index in [0.717, 1.165) is 10.8 Å². The summed E-state index contributed by atoms with van der Waals surface area (Å²) in [5.74, 6) is 2.61. The highest BCUT2D eigenvalue weighted by Gasteiger charge is 2.27. The zero-order valence-electron chi connectivity index (χ0n) is 15.6. The number of benzene rings is 1. The van der Waals surface area contributed by atoms with E-state index in [-0.39, 0.29) is 11.7 Å². The Morgan fingerprint density at radius 1 is 1.28 bits per heavy atom. The third-order valence-corrected chi connectivity index (χ3v) is 6.29. The number of hydrogen-bond donors (Lipinski definition) is 0. The van der Waals surface area contributed by atoms with Crippen molar-refractivity contribution >= 4 is 28.1 Å². The smallest absolute Gasteiger partial charge is 0.275 e. The maximum atomic E-state index is 12.2. The van der Waals surface area contributed by atoms with Crippen molar-refractivity contribution in [3.8, 4) is 11.5 Å². The molecule has 5 rings (SSSR count). The van der Waals surface area contributed by atoms with Crippen LogP contribution < -0.4 is 15.0 Å². The Morgan fingerprint density at radius 2 is 2.10 bits per heavy atom. The molecule has 0 spiro atoms. The van der Waals surface area contributed by atoms with Crippen molar-refractivity contribution in [2.24, 2.45) is 7.05 Å². The molecule has 0 bridgehead atoms. The molecule has 148 valence electrons. The lowest BCUT2D eigenvalue weighted by atomic mass is 10.2. The van der Waals surface area contributed by atoms with Gasteiger partial charge in [0, 0.05) is 18.9 Å². The van der Waals surface area contributed by atoms with Gasteiger partial charge in [-0.2, -0.15) is 9.61 Å². The highest BCUT2D eigenvalue weighted by molar-refractivity contribution is 7.98. The van der Waals surface area contributed by atoms with Gasteiger partial charge in [0.2, 0.25) is 4.96 Å². The van der Waals surface area contributed by atoms with Crippen LogP contribution in [0.1, 0.15) is 22.6 Å². The van der Waals surface area contributed by atoms with Crippen LogP contribution in [0.15, 0.2) is 40.3 Å². The van der Waals surface area contributed by atoms with Gasteiger partial charge in [-0.1, -0.05) is 35.2 Å². The quantitative estimate of drug-likeness (QED) is 0.457. The summed E-state index contributed by atoms with van der Waals surface area (Å²) >= 11 is 2.85. The summed E-state index contributed by atoms with van der Waals surface area (Å²) in [6, 6.07) is 9.06. The summed E-state index contributed by atoms with van der Waals surface area (Å²) in [5, 5.41) is 14.2. The molecule has 0 fully saturated rings. The van der Waals surface area contributed by atoms with E-state index in [1.54, 1.807) is 0 Å². The minimum absolute atomic E-state index is 0.181. The van der Waals surface area contributed by atoms with Crippen molar-refractivity contribution in [3.63, 3.8) is 0 Å². The fourth-order valence-corrected chi connectivity index (χ4v) is 4.62. The van der Waals surface area contributed by atoms with Gasteiger partial charge in [-0.15, -0.1) is 10.2 Å². The first-order valence-corrected chi connectivity index (χ1v) is 10.7. The molecule has 1 aliphatic rings. The number of para-hydroxylation sites is 2. The summed E-state index contributed by atoms with van der Waals surface area (Å²) in [6.45, 7) is 2.22. The lowest BCUT2D eigenvalue weighted by molar-refractivity contribution is 0.0825. The van der Waals surface area contributed by atoms with Crippen LogP contribution in [0.3, 0.4) is 0 Å². The molecule has 0 radical (unpaired) electrons. The van der Waals surface area contributed by atoms with Gasteiger partial charge in [-0.05, 0) is 19.1 Å². The van der Waals surface area contributed by atoms with Crippen LogP contribution >= 0.6 is 23.1 Å². The van der Waals surface area contributed by atoms with E-state index in [1.807, 2.05) is 42.8 Å². The second kappa shape index (κ2) is 7.16. The van der Waals surface area contributed by atoms with E-state index in [1.165, 1.54) is 33.7 Å². The third-order valence-electron chi connectivity index (χ3n) is 4.41. The summed E-state index contributed by atoms with van der Waals surface area (Å²) in [5.41, 5.74) is 0.499. The number of rotatable bonds is 4. The molecule has 1 atom stereocenters. The average molecular weight is 428 g/mol. The molecule has 4 heterocycles. The van der Waals surface area contributed by atoms with Gasteiger partial charge in [-0.25, -0.2) is 4.98 Å². The van der Waals surface area contributed by atoms with Gasteiger partial charge in [-0.3, -0.25) is 4.79 Å². The average Bonchev–Trinajstić information content (AvgIpc) is 3.28. The van der Waals surface area contributed by atoms with Crippen molar-refractivity contribution in [3.05, 3.63) is 57.2 Å². The molecule has 0 aliphatic carbocycles. The van der Waals surface area contributed by atoms with Crippen LogP contribution in [-0.2, 0) is 12.8 Å². The topological polar surface area (TPSA) is 96.4 Å². The van der Waals surface area contributed by atoms with Gasteiger partial charge in [0.15, 0.2) is 28.6 Å². The fourth-order valence-electron chi connectivity index (χ4n) is 3.04. The Morgan fingerprint density at radius 3 is 2.97 bits per heavy atom. The number of nitrogens with zero attached hydrogens (tertiary/aromatic N) is 6. The minimum Gasteiger partial charge on any atom is -0.485 e. The molecule has 1 aliphatic heterocycles. The monoisotopic (exact) mass is 428 g/mol. The SMILES string of the molecule is Cc1nn2c(=O)cc(CSc3nnc(C4COc5ccccc5O4)n3C)nc2s1. The number of hydrogen-bond acceptors (Lipinski definition) is 9. The summed E-state index contributed by atoms with van der Waals surface area (Å²) < 4.78 is 15.0. The van der Waals surface area contributed by atoms with Crippen molar-refractivity contribution in [1.29, 1.82) is 0 Å². The van der Waals surface area contributed by atoms with Crippen LogP contribution in [0.2, 0.25) is 0 Å². The van der Waals surface area contributed by atoms with Gasteiger partial charge in [0.05, 0.1) is 5.69 Å². The molecule has 11 heteroatoms. The van der Waals surface area contributed by atoms with Crippen LogP contribution in [0.5, 0.6) is 11.5 Å². The number of ether oxygens (including phenoxy) is 2. The summed E-state index contributed by atoms with van der Waals surface area (Å²) in [6.07, 6.45) is -0.337. The van der Waals surface area contributed by atoms with E-state index >= 15 is 0 Å². The first kappa shape index (κ1) is 18.1. The molecule has 0 saturated heterocycles. The largest absolute Gasteiger partial charge is 0.485 e. The third kappa shape index (κ3) is 3.36. The zero-order chi connectivity index (χ0) is 20.0. The Kier molecular flexibility index (Phi) is 4.47. The lowest BCUT2D eigenvalue weighted by Gasteiger charge is -2.25. The van der Waals surface area contributed by atoms with Crippen LogP contribution in [0.4, 0.5) is 0 Å². The maximum Gasteiger partial charge on any atom is 0.275 e. The number of aryl methyl sites for hydroxylation is 1. The van der Waals surface area contributed by atoms with Gasteiger partial charge in [0.1, 0.15) is 11.6 Å². The molecular formula is C18H16N6O3S2. The van der Waals surface area contributed by atoms with Crippen LogP contribution in [0, 0.1) is 6.92 Å². The molecule has 0 N–H and O–H groups in total. The second-order valence-electron chi connectivity index (χ2n) is 6.45. The maximum absolute atomic E-state index is 12.2. The number of fused-ring (bicyclic) bond motifs is 2. The Bertz CT molecular complexity index is 1260. The molecule has 0 saturated carbocycles. The minimum atomic E-state index is -0.337. The number of thioether (sulfide) groups is 1. The first-order valence-electron chi connectivity index (χ1n) is 8.85. The number of aromatic nitrogens is 6. The fraction of sp³-hybridized carbons (Fsp3) is 0.278. The normalized spacial score (nSPS) is 15.7. The van der Waals surface area contributed by atoms with Crippen molar-refractivity contribution in [1.82, 2.24) is 29.4 Å². The molecule has 3 aromatic heterocycles. The molecule has 1 unspecified atom stereocenters. The van der Waals surface area contributed by atoms with Gasteiger partial charge in [0.25, 0.3) is 5.56 Å². The standard InChI is InChI=1S/C18H16N6O3S2/c1-10-22-24-15(25)7-11(19-17(24)29-10)9-28-18-21-20-16(23(18)2)14-8-26-12-5-3-4-6-13(12)27-14/h3-7,14H,8-9H2,1-2H3. The first-order chi connectivity index (χ1) is 14.1. The highest BCUT2D eigenvalue weighted by atomic mass is 32.2. The Labute approximate surface area is 173 Å². The van der Waals surface area contributed by atoms with Crippen molar-refractivity contribution in [2.45, 2.75) is 23.9 Å². The molecular weight excluding hydrogens is 412 g/mol. The van der Waals surface area contributed by atoms with Crippen molar-refractivity contribution in [2.75, 3.05) is 6.61 Å². The van der Waals surface area contributed by atoms with Crippen LogP contribution in [0.25, 0.3) is 4.96 Å². The molecule has 29 heavy (non-hydrogen) atoms. The molecule has 4 aromatic rings. The Balaban J connectivity index is 1.34. The van der Waals surface area contributed by atoms with E-state index in [2.05, 4.69) is 20.3 Å². The molecule has 0 amide bonds. The molecule has 9 nitrogen and oxygen atoms in total. The van der Waals surface area contributed by atoms with Crippen molar-refractivity contribution < 1.29 is 9.47 Å². The summed E-state index contributed by atoms with van der Waals surface area (Å²) in [4.78, 5) is 17.3. The van der Waals surface area contributed by atoms with E-state index in [0.29, 0.717) is 39.7 Å². The van der Waals surface area contributed by atoms with Crippen LogP contribution in [-0.4, -0.2) is 36.0 Å².